The second-order valence-electron chi connectivity index (χ2n) is 3.70. The molecule has 0 saturated carbocycles. The van der Waals surface area contributed by atoms with Crippen LogP contribution in [0.3, 0.4) is 0 Å². The predicted octanol–water partition coefficient (Wildman–Crippen LogP) is 0.207. The van der Waals surface area contributed by atoms with E-state index in [1.165, 1.54) is 6.07 Å². The minimum atomic E-state index is -3.08. The Balaban J connectivity index is 2.47. The lowest BCUT2D eigenvalue weighted by Crippen LogP contribution is -2.17. The van der Waals surface area contributed by atoms with Gasteiger partial charge in [-0.2, -0.15) is 0 Å². The molecule has 0 amide bonds. The van der Waals surface area contributed by atoms with E-state index in [-0.39, 0.29) is 11.4 Å². The molecular formula is C9H12N2O3S. The monoisotopic (exact) mass is 228 g/mol. The van der Waals surface area contributed by atoms with Gasteiger partial charge in [-0.15, -0.1) is 0 Å². The third-order valence-electron chi connectivity index (χ3n) is 2.64. The number of hydrogen-bond donors (Lipinski definition) is 2. The van der Waals surface area contributed by atoms with E-state index in [2.05, 4.69) is 4.98 Å². The lowest BCUT2D eigenvalue weighted by Gasteiger charge is -2.08. The van der Waals surface area contributed by atoms with Crippen LogP contribution >= 0.6 is 0 Å². The Morgan fingerprint density at radius 2 is 2.13 bits per heavy atom. The highest BCUT2D eigenvalue weighted by Gasteiger charge is 2.33. The molecule has 2 rings (SSSR count). The van der Waals surface area contributed by atoms with E-state index in [9.17, 15) is 13.2 Å². The zero-order valence-electron chi connectivity index (χ0n) is 8.06. The van der Waals surface area contributed by atoms with Crippen molar-refractivity contribution in [3.05, 3.63) is 28.2 Å². The molecule has 0 radical (unpaired) electrons. The van der Waals surface area contributed by atoms with Crippen LogP contribution in [0, 0.1) is 0 Å². The Morgan fingerprint density at radius 1 is 1.40 bits per heavy atom. The zero-order valence-corrected chi connectivity index (χ0v) is 8.88. The summed E-state index contributed by atoms with van der Waals surface area (Å²) < 4.78 is 23.2. The predicted molar refractivity (Wildman–Crippen MR) is 57.2 cm³/mol. The molecule has 1 atom stereocenters. The summed E-state index contributed by atoms with van der Waals surface area (Å²) in [6.45, 7) is 0. The molecule has 3 N–H and O–H groups in total. The van der Waals surface area contributed by atoms with Crippen LogP contribution in [-0.2, 0) is 9.84 Å². The number of hydrogen-bond acceptors (Lipinski definition) is 4. The number of rotatable bonds is 1. The molecule has 2 heterocycles. The van der Waals surface area contributed by atoms with Gasteiger partial charge in [-0.1, -0.05) is 0 Å². The van der Waals surface area contributed by atoms with Crippen molar-refractivity contribution in [3.8, 4) is 0 Å². The van der Waals surface area contributed by atoms with Crippen molar-refractivity contribution in [3.63, 3.8) is 0 Å². The molecule has 1 unspecified atom stereocenters. The highest BCUT2D eigenvalue weighted by Crippen LogP contribution is 2.32. The summed E-state index contributed by atoms with van der Waals surface area (Å²) in [7, 11) is -3.08. The van der Waals surface area contributed by atoms with Crippen LogP contribution in [0.4, 0.5) is 5.69 Å². The molecule has 1 aliphatic rings. The molecule has 0 aromatic carbocycles. The summed E-state index contributed by atoms with van der Waals surface area (Å²) in [5.74, 6) is 0.198. The Labute approximate surface area is 87.2 Å². The van der Waals surface area contributed by atoms with Gasteiger partial charge in [0.1, 0.15) is 5.25 Å². The minimum Gasteiger partial charge on any atom is -0.394 e. The first-order valence-corrected chi connectivity index (χ1v) is 6.42. The summed E-state index contributed by atoms with van der Waals surface area (Å²) in [5, 5.41) is -0.564. The van der Waals surface area contributed by atoms with Crippen molar-refractivity contribution in [1.82, 2.24) is 4.98 Å². The van der Waals surface area contributed by atoms with Crippen LogP contribution in [0.1, 0.15) is 23.8 Å². The van der Waals surface area contributed by atoms with E-state index >= 15 is 0 Å². The lowest BCUT2D eigenvalue weighted by atomic mass is 10.2. The molecule has 6 heteroatoms. The summed E-state index contributed by atoms with van der Waals surface area (Å²) in [4.78, 5) is 13.7. The molecule has 1 aromatic rings. The standard InChI is InChI=1S/C9H12N2O3S/c10-6-3-4-7(11-9(6)12)8-2-1-5-15(8,13)14/h3-4,8H,1-2,5,10H2,(H,11,12). The van der Waals surface area contributed by atoms with Gasteiger partial charge < -0.3 is 10.7 Å². The van der Waals surface area contributed by atoms with E-state index in [0.29, 0.717) is 18.5 Å². The maximum atomic E-state index is 11.6. The second-order valence-corrected chi connectivity index (χ2v) is 6.00. The molecule has 15 heavy (non-hydrogen) atoms. The molecule has 1 aliphatic heterocycles. The van der Waals surface area contributed by atoms with Crippen LogP contribution in [-0.4, -0.2) is 19.2 Å². The number of H-pyrrole nitrogens is 1. The number of aromatic amines is 1. The summed E-state index contributed by atoms with van der Waals surface area (Å²) in [6, 6.07) is 3.02. The third-order valence-corrected chi connectivity index (χ3v) is 4.85. The quantitative estimate of drug-likeness (QED) is 0.718. The first kappa shape index (κ1) is 10.2. The van der Waals surface area contributed by atoms with Gasteiger partial charge in [-0.25, -0.2) is 8.42 Å². The lowest BCUT2D eigenvalue weighted by molar-refractivity contribution is 0.590. The van der Waals surface area contributed by atoms with Crippen molar-refractivity contribution < 1.29 is 8.42 Å². The number of nitrogen functional groups attached to an aromatic ring is 1. The highest BCUT2D eigenvalue weighted by atomic mass is 32.2. The van der Waals surface area contributed by atoms with Gasteiger partial charge >= 0.3 is 0 Å². The molecule has 82 valence electrons. The minimum absolute atomic E-state index is 0.106. The van der Waals surface area contributed by atoms with Crippen LogP contribution in [0.25, 0.3) is 0 Å². The van der Waals surface area contributed by atoms with Crippen LogP contribution in [0.5, 0.6) is 0 Å². The van der Waals surface area contributed by atoms with Crippen LogP contribution in [0.15, 0.2) is 16.9 Å². The Kier molecular flexibility index (Phi) is 2.30. The van der Waals surface area contributed by atoms with E-state index in [1.54, 1.807) is 6.07 Å². The third kappa shape index (κ3) is 1.77. The van der Waals surface area contributed by atoms with Crippen molar-refractivity contribution >= 4 is 15.5 Å². The van der Waals surface area contributed by atoms with E-state index in [4.69, 9.17) is 5.73 Å². The number of anilines is 1. The molecule has 0 bridgehead atoms. The first-order chi connectivity index (χ1) is 7.00. The largest absolute Gasteiger partial charge is 0.394 e. The van der Waals surface area contributed by atoms with E-state index in [0.717, 1.165) is 0 Å². The molecule has 0 spiro atoms. The summed E-state index contributed by atoms with van der Waals surface area (Å²) in [5.41, 5.74) is 5.50. The summed E-state index contributed by atoms with van der Waals surface area (Å²) >= 11 is 0. The van der Waals surface area contributed by atoms with Gasteiger partial charge in [0.2, 0.25) is 0 Å². The Bertz CT molecular complexity index is 533. The molecular weight excluding hydrogens is 216 g/mol. The van der Waals surface area contributed by atoms with Gasteiger partial charge in [-0.3, -0.25) is 4.79 Å². The SMILES string of the molecule is Nc1ccc(C2CCCS2(=O)=O)[nH]c1=O. The maximum absolute atomic E-state index is 11.6. The van der Waals surface area contributed by atoms with Gasteiger partial charge in [0.25, 0.3) is 5.56 Å². The number of nitrogens with one attached hydrogen (secondary N) is 1. The number of nitrogens with two attached hydrogens (primary N) is 1. The maximum Gasteiger partial charge on any atom is 0.271 e. The van der Waals surface area contributed by atoms with Crippen LogP contribution < -0.4 is 11.3 Å². The topological polar surface area (TPSA) is 93.0 Å². The van der Waals surface area contributed by atoms with Crippen molar-refractivity contribution in [2.75, 3.05) is 11.5 Å². The average molecular weight is 228 g/mol. The highest BCUT2D eigenvalue weighted by molar-refractivity contribution is 7.91. The molecule has 1 fully saturated rings. The fourth-order valence-corrected chi connectivity index (χ4v) is 3.73. The normalized spacial score (nSPS) is 24.1. The van der Waals surface area contributed by atoms with Crippen molar-refractivity contribution in [1.29, 1.82) is 0 Å². The van der Waals surface area contributed by atoms with E-state index < -0.39 is 20.6 Å². The number of sulfone groups is 1. The van der Waals surface area contributed by atoms with Gasteiger partial charge in [-0.05, 0) is 25.0 Å². The number of aromatic nitrogens is 1. The molecule has 0 aliphatic carbocycles. The van der Waals surface area contributed by atoms with Crippen LogP contribution in [0.2, 0.25) is 0 Å². The molecule has 1 aromatic heterocycles. The van der Waals surface area contributed by atoms with Crippen molar-refractivity contribution in [2.24, 2.45) is 0 Å². The molecule has 1 saturated heterocycles. The van der Waals surface area contributed by atoms with Gasteiger partial charge in [0.05, 0.1) is 11.4 Å². The zero-order chi connectivity index (χ0) is 11.1. The Hall–Kier alpha value is -1.30. The first-order valence-electron chi connectivity index (χ1n) is 4.71. The molecule has 5 nitrogen and oxygen atoms in total. The fourth-order valence-electron chi connectivity index (χ4n) is 1.83. The number of pyridine rings is 1. The average Bonchev–Trinajstić information content (AvgIpc) is 2.50. The Morgan fingerprint density at radius 3 is 2.67 bits per heavy atom. The summed E-state index contributed by atoms with van der Waals surface area (Å²) in [6.07, 6.45) is 1.22. The fraction of sp³-hybridized carbons (Fsp3) is 0.444. The smallest absolute Gasteiger partial charge is 0.271 e. The van der Waals surface area contributed by atoms with Gasteiger partial charge in [0.15, 0.2) is 9.84 Å². The van der Waals surface area contributed by atoms with E-state index in [1.807, 2.05) is 0 Å². The second kappa shape index (κ2) is 3.37. The van der Waals surface area contributed by atoms with Crippen molar-refractivity contribution in [2.45, 2.75) is 18.1 Å². The van der Waals surface area contributed by atoms with Gasteiger partial charge in [0, 0.05) is 5.69 Å².